The molecule has 0 unspecified atom stereocenters. The topological polar surface area (TPSA) is 42.7 Å². The van der Waals surface area contributed by atoms with Crippen molar-refractivity contribution in [1.82, 2.24) is 15.0 Å². The second kappa shape index (κ2) is 8.99. The summed E-state index contributed by atoms with van der Waals surface area (Å²) in [5.41, 5.74) is 4.78. The number of hydrogen-bond acceptors (Lipinski definition) is 3. The molecule has 0 saturated heterocycles. The number of anilines is 1. The van der Waals surface area contributed by atoms with E-state index < -0.39 is 0 Å². The fraction of sp³-hybridized carbons (Fsp3) is 0.0870. The lowest BCUT2D eigenvalue weighted by Crippen LogP contribution is -2.09. The number of aromatic nitrogens is 3. The zero-order valence-electron chi connectivity index (χ0n) is 15.6. The third-order valence-corrected chi connectivity index (χ3v) is 5.17. The number of rotatable bonds is 6. The summed E-state index contributed by atoms with van der Waals surface area (Å²) in [6, 6.07) is 25.7. The lowest BCUT2D eigenvalue weighted by molar-refractivity contribution is 0.818. The maximum absolute atomic E-state index is 6.41. The monoisotopic (exact) mass is 418 g/mol. The molecule has 4 aromatic rings. The molecular weight excluding hydrogens is 400 g/mol. The number of nitrogens with one attached hydrogen (secondary N) is 1. The predicted octanol–water partition coefficient (Wildman–Crippen LogP) is 6.00. The number of benzene rings is 3. The second-order valence-corrected chi connectivity index (χ2v) is 7.47. The first-order valence-corrected chi connectivity index (χ1v) is 10.1. The van der Waals surface area contributed by atoms with Gasteiger partial charge in [-0.2, -0.15) is 0 Å². The van der Waals surface area contributed by atoms with Crippen LogP contribution in [0.5, 0.6) is 0 Å². The molecule has 0 bridgehead atoms. The van der Waals surface area contributed by atoms with E-state index in [9.17, 15) is 0 Å². The molecule has 0 radical (unpaired) electrons. The minimum atomic E-state index is 0.582. The zero-order chi connectivity index (χ0) is 20.1. The Hall–Kier alpha value is -3.02. The predicted molar refractivity (Wildman–Crippen MR) is 124 cm³/mol. The number of fused-ring (bicyclic) bond motifs is 1. The van der Waals surface area contributed by atoms with Crippen LogP contribution in [-0.2, 0) is 6.42 Å². The number of thiocarbonyl (C=S) groups is 1. The van der Waals surface area contributed by atoms with Gasteiger partial charge < -0.3 is 5.32 Å². The molecule has 0 aliphatic heterocycles. The summed E-state index contributed by atoms with van der Waals surface area (Å²) < 4.78 is 1.86. The van der Waals surface area contributed by atoms with Gasteiger partial charge in [0.1, 0.15) is 5.52 Å². The zero-order valence-corrected chi connectivity index (χ0v) is 17.2. The molecular formula is C23H19ClN4S. The Morgan fingerprint density at radius 1 is 0.966 bits per heavy atom. The number of para-hydroxylation sites is 2. The Morgan fingerprint density at radius 3 is 2.52 bits per heavy atom. The molecule has 0 aliphatic carbocycles. The SMILES string of the molecule is S=C(C/C=C(\Cc1ccccc1Cl)n1nnc2ccccc21)Nc1ccccc1. The molecule has 0 saturated carbocycles. The van der Waals surface area contributed by atoms with Crippen LogP contribution in [0.25, 0.3) is 16.7 Å². The highest BCUT2D eigenvalue weighted by Gasteiger charge is 2.11. The van der Waals surface area contributed by atoms with Gasteiger partial charge in [-0.1, -0.05) is 83.6 Å². The van der Waals surface area contributed by atoms with Gasteiger partial charge >= 0.3 is 0 Å². The minimum absolute atomic E-state index is 0.582. The molecule has 0 aliphatic rings. The van der Waals surface area contributed by atoms with Gasteiger partial charge in [-0.3, -0.25) is 0 Å². The number of allylic oxidation sites excluding steroid dienone is 1. The van der Waals surface area contributed by atoms with Gasteiger partial charge in [0.05, 0.1) is 10.5 Å². The Bertz CT molecular complexity index is 1170. The molecule has 4 nitrogen and oxygen atoms in total. The molecule has 1 heterocycles. The smallest absolute Gasteiger partial charge is 0.113 e. The van der Waals surface area contributed by atoms with Crippen LogP contribution in [0, 0.1) is 0 Å². The van der Waals surface area contributed by atoms with Crippen molar-refractivity contribution in [3.8, 4) is 0 Å². The quantitative estimate of drug-likeness (QED) is 0.390. The van der Waals surface area contributed by atoms with Crippen LogP contribution < -0.4 is 5.32 Å². The van der Waals surface area contributed by atoms with E-state index in [1.54, 1.807) is 0 Å². The average molecular weight is 419 g/mol. The average Bonchev–Trinajstić information content (AvgIpc) is 3.17. The summed E-state index contributed by atoms with van der Waals surface area (Å²) in [7, 11) is 0. The van der Waals surface area contributed by atoms with Crippen molar-refractivity contribution >= 4 is 51.2 Å². The Morgan fingerprint density at radius 2 is 1.69 bits per heavy atom. The molecule has 0 spiro atoms. The second-order valence-electron chi connectivity index (χ2n) is 6.57. The third-order valence-electron chi connectivity index (χ3n) is 4.53. The van der Waals surface area contributed by atoms with Crippen LogP contribution in [0.1, 0.15) is 12.0 Å². The first-order valence-electron chi connectivity index (χ1n) is 9.29. The van der Waals surface area contributed by atoms with Crippen molar-refractivity contribution in [3.05, 3.63) is 95.5 Å². The van der Waals surface area contributed by atoms with Crippen molar-refractivity contribution in [3.63, 3.8) is 0 Å². The summed E-state index contributed by atoms with van der Waals surface area (Å²) >= 11 is 12.0. The maximum Gasteiger partial charge on any atom is 0.113 e. The summed E-state index contributed by atoms with van der Waals surface area (Å²) in [6.07, 6.45) is 3.29. The van der Waals surface area contributed by atoms with E-state index in [1.807, 2.05) is 83.5 Å². The van der Waals surface area contributed by atoms with Crippen molar-refractivity contribution < 1.29 is 0 Å². The highest BCUT2D eigenvalue weighted by atomic mass is 35.5. The summed E-state index contributed by atoms with van der Waals surface area (Å²) in [6.45, 7) is 0. The van der Waals surface area contributed by atoms with Gasteiger partial charge in [0, 0.05) is 29.2 Å². The van der Waals surface area contributed by atoms with Crippen molar-refractivity contribution in [2.45, 2.75) is 12.8 Å². The van der Waals surface area contributed by atoms with E-state index in [2.05, 4.69) is 21.7 Å². The van der Waals surface area contributed by atoms with Crippen molar-refractivity contribution in [2.24, 2.45) is 0 Å². The summed E-state index contributed by atoms with van der Waals surface area (Å²) in [4.78, 5) is 0.734. The molecule has 6 heteroatoms. The molecule has 29 heavy (non-hydrogen) atoms. The first kappa shape index (κ1) is 19.3. The van der Waals surface area contributed by atoms with Gasteiger partial charge in [-0.05, 0) is 35.9 Å². The van der Waals surface area contributed by atoms with Gasteiger partial charge in [0.15, 0.2) is 0 Å². The van der Waals surface area contributed by atoms with E-state index in [0.717, 1.165) is 38.0 Å². The fourth-order valence-electron chi connectivity index (χ4n) is 3.10. The standard InChI is InChI=1S/C23H19ClN4S/c24-20-11-5-4-8-17(20)16-19(28-22-13-7-6-12-21(22)26-27-28)14-15-23(29)25-18-9-2-1-3-10-18/h1-14H,15-16H2,(H,25,29)/b19-14+. The van der Waals surface area contributed by atoms with Crippen LogP contribution in [0.3, 0.4) is 0 Å². The van der Waals surface area contributed by atoms with Gasteiger partial charge in [-0.15, -0.1) is 5.10 Å². The maximum atomic E-state index is 6.41. The normalized spacial score (nSPS) is 11.6. The Kier molecular flexibility index (Phi) is 5.98. The van der Waals surface area contributed by atoms with Crippen molar-refractivity contribution in [1.29, 1.82) is 0 Å². The molecule has 3 aromatic carbocycles. The van der Waals surface area contributed by atoms with Crippen LogP contribution in [0.4, 0.5) is 5.69 Å². The van der Waals surface area contributed by atoms with E-state index >= 15 is 0 Å². The first-order chi connectivity index (χ1) is 14.2. The third kappa shape index (κ3) is 4.70. The van der Waals surface area contributed by atoms with Crippen LogP contribution in [0.2, 0.25) is 5.02 Å². The van der Waals surface area contributed by atoms with Gasteiger partial charge in [0.2, 0.25) is 0 Å². The fourth-order valence-corrected chi connectivity index (χ4v) is 3.50. The molecule has 0 fully saturated rings. The van der Waals surface area contributed by atoms with Gasteiger partial charge in [0.25, 0.3) is 0 Å². The molecule has 1 aromatic heterocycles. The highest BCUT2D eigenvalue weighted by Crippen LogP contribution is 2.23. The Labute approximate surface area is 179 Å². The van der Waals surface area contributed by atoms with Crippen LogP contribution >= 0.6 is 23.8 Å². The molecule has 1 N–H and O–H groups in total. The van der Waals surface area contributed by atoms with Crippen LogP contribution in [-0.4, -0.2) is 20.0 Å². The number of hydrogen-bond donors (Lipinski definition) is 1. The molecule has 0 atom stereocenters. The molecule has 4 rings (SSSR count). The van der Waals surface area contributed by atoms with E-state index in [4.69, 9.17) is 23.8 Å². The largest absolute Gasteiger partial charge is 0.350 e. The van der Waals surface area contributed by atoms with E-state index in [1.165, 1.54) is 0 Å². The van der Waals surface area contributed by atoms with E-state index in [-0.39, 0.29) is 0 Å². The van der Waals surface area contributed by atoms with Crippen molar-refractivity contribution in [2.75, 3.05) is 5.32 Å². The molecule has 144 valence electrons. The van der Waals surface area contributed by atoms with Gasteiger partial charge in [-0.25, -0.2) is 4.68 Å². The minimum Gasteiger partial charge on any atom is -0.350 e. The molecule has 0 amide bonds. The summed E-state index contributed by atoms with van der Waals surface area (Å²) in [5.74, 6) is 0. The lowest BCUT2D eigenvalue weighted by atomic mass is 10.1. The summed E-state index contributed by atoms with van der Waals surface area (Å²) in [5, 5.41) is 12.7. The van der Waals surface area contributed by atoms with Crippen LogP contribution in [0.15, 0.2) is 84.9 Å². The highest BCUT2D eigenvalue weighted by molar-refractivity contribution is 7.80. The Balaban J connectivity index is 1.63. The number of nitrogens with zero attached hydrogens (tertiary/aromatic N) is 3. The van der Waals surface area contributed by atoms with E-state index in [0.29, 0.717) is 12.8 Å². The number of halogens is 1. The lowest BCUT2D eigenvalue weighted by Gasteiger charge is -2.11.